The maximum Gasteiger partial charge on any atom is 0.166 e. The predicted molar refractivity (Wildman–Crippen MR) is 86.5 cm³/mol. The Bertz CT molecular complexity index is 687. The molecule has 0 saturated heterocycles. The highest BCUT2D eigenvalue weighted by Crippen LogP contribution is 2.29. The van der Waals surface area contributed by atoms with Gasteiger partial charge in [0.25, 0.3) is 0 Å². The predicted octanol–water partition coefficient (Wildman–Crippen LogP) is 3.02. The lowest BCUT2D eigenvalue weighted by molar-refractivity contribution is 0.627. The Morgan fingerprint density at radius 3 is 2.62 bits per heavy atom. The number of nitrogens with zero attached hydrogens (tertiary/aromatic N) is 3. The van der Waals surface area contributed by atoms with Crippen LogP contribution < -0.4 is 10.6 Å². The molecule has 2 rings (SSSR count). The highest BCUT2D eigenvalue weighted by molar-refractivity contribution is 7.80. The normalized spacial score (nSPS) is 10.5. The number of nitrogens with two attached hydrogens (primary N) is 1. The van der Waals surface area contributed by atoms with Gasteiger partial charge in [0.05, 0.1) is 11.3 Å². The Kier molecular flexibility index (Phi) is 4.47. The van der Waals surface area contributed by atoms with Crippen LogP contribution in [0.1, 0.15) is 23.7 Å². The lowest BCUT2D eigenvalue weighted by atomic mass is 10.1. The molecule has 1 heterocycles. The highest BCUT2D eigenvalue weighted by atomic mass is 32.1. The molecular weight excluding hydrogens is 287 g/mol. The van der Waals surface area contributed by atoms with Gasteiger partial charge < -0.3 is 10.6 Å². The number of halogens is 1. The molecular formula is C15H17FN4S. The number of hydrogen-bond donors (Lipinski definition) is 1. The molecule has 2 aromatic rings. The number of anilines is 2. The van der Waals surface area contributed by atoms with Gasteiger partial charge >= 0.3 is 0 Å². The van der Waals surface area contributed by atoms with Crippen LogP contribution >= 0.6 is 12.2 Å². The van der Waals surface area contributed by atoms with Gasteiger partial charge in [0.15, 0.2) is 5.82 Å². The minimum absolute atomic E-state index is 0.260. The van der Waals surface area contributed by atoms with Crippen LogP contribution in [0.3, 0.4) is 0 Å². The number of rotatable bonds is 4. The van der Waals surface area contributed by atoms with Crippen LogP contribution in [0, 0.1) is 19.7 Å². The Balaban J connectivity index is 2.63. The van der Waals surface area contributed by atoms with Crippen LogP contribution in [0.5, 0.6) is 0 Å². The zero-order valence-corrected chi connectivity index (χ0v) is 13.0. The van der Waals surface area contributed by atoms with Crippen LogP contribution in [-0.2, 0) is 0 Å². The van der Waals surface area contributed by atoms with Crippen LogP contribution in [0.25, 0.3) is 0 Å². The lowest BCUT2D eigenvalue weighted by Crippen LogP contribution is -2.25. The summed E-state index contributed by atoms with van der Waals surface area (Å²) in [5.74, 6) is 0.248. The fraction of sp³-hybridized carbons (Fsp3) is 0.267. The first-order valence-corrected chi connectivity index (χ1v) is 7.03. The van der Waals surface area contributed by atoms with Gasteiger partial charge in [0.2, 0.25) is 0 Å². The van der Waals surface area contributed by atoms with E-state index in [2.05, 4.69) is 10.2 Å². The Hall–Kier alpha value is -2.08. The molecule has 1 aromatic carbocycles. The number of thiocarbonyl (C=S) groups is 1. The summed E-state index contributed by atoms with van der Waals surface area (Å²) in [7, 11) is 0. The average Bonchev–Trinajstić information content (AvgIpc) is 2.43. The molecule has 6 heteroatoms. The molecule has 110 valence electrons. The molecule has 0 saturated carbocycles. The van der Waals surface area contributed by atoms with E-state index in [1.165, 1.54) is 12.1 Å². The van der Waals surface area contributed by atoms with Crippen molar-refractivity contribution < 1.29 is 4.39 Å². The summed E-state index contributed by atoms with van der Waals surface area (Å²) in [4.78, 5) is 2.10. The maximum atomic E-state index is 13.5. The van der Waals surface area contributed by atoms with Crippen molar-refractivity contribution in [3.05, 3.63) is 46.9 Å². The zero-order valence-electron chi connectivity index (χ0n) is 12.2. The van der Waals surface area contributed by atoms with E-state index in [0.29, 0.717) is 23.6 Å². The van der Waals surface area contributed by atoms with E-state index in [-0.39, 0.29) is 10.8 Å². The number of aromatic nitrogens is 2. The van der Waals surface area contributed by atoms with E-state index in [9.17, 15) is 4.39 Å². The van der Waals surface area contributed by atoms with Crippen LogP contribution in [0.2, 0.25) is 0 Å². The summed E-state index contributed by atoms with van der Waals surface area (Å²) in [6.07, 6.45) is 0. The summed E-state index contributed by atoms with van der Waals surface area (Å²) >= 11 is 5.15. The minimum Gasteiger partial charge on any atom is -0.389 e. The summed E-state index contributed by atoms with van der Waals surface area (Å²) in [5.41, 5.74) is 8.89. The van der Waals surface area contributed by atoms with E-state index in [1.807, 2.05) is 31.7 Å². The standard InChI is InChI=1S/C15H17FN4S/c1-4-20(12-7-5-6-11(16)8-12)15-13(14(17)21)9(2)10(3)18-19-15/h5-8H,4H2,1-3H3,(H2,17,21). The molecule has 0 spiro atoms. The molecule has 0 fully saturated rings. The average molecular weight is 304 g/mol. The first-order valence-electron chi connectivity index (χ1n) is 6.62. The summed E-state index contributed by atoms with van der Waals surface area (Å²) in [6.45, 7) is 6.30. The number of aryl methyl sites for hydroxylation is 1. The highest BCUT2D eigenvalue weighted by Gasteiger charge is 2.19. The van der Waals surface area contributed by atoms with E-state index < -0.39 is 0 Å². The van der Waals surface area contributed by atoms with E-state index >= 15 is 0 Å². The van der Waals surface area contributed by atoms with Crippen molar-refractivity contribution in [2.45, 2.75) is 20.8 Å². The smallest absolute Gasteiger partial charge is 0.166 e. The van der Waals surface area contributed by atoms with Crippen molar-refractivity contribution in [1.29, 1.82) is 0 Å². The summed E-state index contributed by atoms with van der Waals surface area (Å²) in [6, 6.07) is 6.32. The van der Waals surface area contributed by atoms with E-state index in [1.54, 1.807) is 6.07 Å². The Labute approximate surface area is 128 Å². The van der Waals surface area contributed by atoms with Gasteiger partial charge in [-0.25, -0.2) is 4.39 Å². The van der Waals surface area contributed by atoms with Gasteiger partial charge in [-0.05, 0) is 44.5 Å². The topological polar surface area (TPSA) is 55.0 Å². The van der Waals surface area contributed by atoms with Crippen molar-refractivity contribution >= 4 is 28.7 Å². The van der Waals surface area contributed by atoms with Crippen molar-refractivity contribution in [3.63, 3.8) is 0 Å². The quantitative estimate of drug-likeness (QED) is 0.880. The van der Waals surface area contributed by atoms with Crippen molar-refractivity contribution in [2.75, 3.05) is 11.4 Å². The monoisotopic (exact) mass is 304 g/mol. The van der Waals surface area contributed by atoms with E-state index in [0.717, 1.165) is 11.3 Å². The fourth-order valence-corrected chi connectivity index (χ4v) is 2.42. The van der Waals surface area contributed by atoms with Gasteiger partial charge in [-0.3, -0.25) is 0 Å². The second-order valence-corrected chi connectivity index (χ2v) is 5.14. The van der Waals surface area contributed by atoms with Gasteiger partial charge in [0, 0.05) is 12.2 Å². The molecule has 1 aromatic heterocycles. The summed E-state index contributed by atoms with van der Waals surface area (Å²) < 4.78 is 13.5. The van der Waals surface area contributed by atoms with Gasteiger partial charge in [-0.1, -0.05) is 18.3 Å². The van der Waals surface area contributed by atoms with Gasteiger partial charge in [-0.15, -0.1) is 5.10 Å². The molecule has 0 aliphatic heterocycles. The maximum absolute atomic E-state index is 13.5. The second-order valence-electron chi connectivity index (χ2n) is 4.70. The Morgan fingerprint density at radius 1 is 1.33 bits per heavy atom. The largest absolute Gasteiger partial charge is 0.389 e. The third-order valence-corrected chi connectivity index (χ3v) is 3.58. The first kappa shape index (κ1) is 15.3. The van der Waals surface area contributed by atoms with Crippen LogP contribution in [0.4, 0.5) is 15.9 Å². The molecule has 21 heavy (non-hydrogen) atoms. The van der Waals surface area contributed by atoms with Crippen LogP contribution in [0.15, 0.2) is 24.3 Å². The molecule has 0 unspecified atom stereocenters. The fourth-order valence-electron chi connectivity index (χ4n) is 2.18. The first-order chi connectivity index (χ1) is 9.95. The molecule has 0 aliphatic rings. The zero-order chi connectivity index (χ0) is 15.6. The van der Waals surface area contributed by atoms with E-state index in [4.69, 9.17) is 18.0 Å². The molecule has 2 N–H and O–H groups in total. The molecule has 0 aliphatic carbocycles. The number of hydrogen-bond acceptors (Lipinski definition) is 4. The van der Waals surface area contributed by atoms with Gasteiger partial charge in [-0.2, -0.15) is 5.10 Å². The summed E-state index contributed by atoms with van der Waals surface area (Å²) in [5, 5.41) is 8.36. The second kappa shape index (κ2) is 6.13. The van der Waals surface area contributed by atoms with Crippen molar-refractivity contribution in [2.24, 2.45) is 5.73 Å². The lowest BCUT2D eigenvalue weighted by Gasteiger charge is -2.25. The third-order valence-electron chi connectivity index (χ3n) is 3.37. The van der Waals surface area contributed by atoms with Crippen LogP contribution in [-0.4, -0.2) is 21.7 Å². The molecule has 4 nitrogen and oxygen atoms in total. The van der Waals surface area contributed by atoms with Crippen molar-refractivity contribution in [1.82, 2.24) is 10.2 Å². The SMILES string of the molecule is CCN(c1cccc(F)c1)c1nnc(C)c(C)c1C(N)=S. The number of benzene rings is 1. The molecule has 0 radical (unpaired) electrons. The molecule has 0 bridgehead atoms. The van der Waals surface area contributed by atoms with Crippen molar-refractivity contribution in [3.8, 4) is 0 Å². The minimum atomic E-state index is -0.306. The Morgan fingerprint density at radius 2 is 2.05 bits per heavy atom. The third kappa shape index (κ3) is 3.00. The molecule has 0 amide bonds. The van der Waals surface area contributed by atoms with Gasteiger partial charge in [0.1, 0.15) is 10.8 Å². The molecule has 0 atom stereocenters.